The zero-order valence-corrected chi connectivity index (χ0v) is 14.8. The predicted molar refractivity (Wildman–Crippen MR) is 97.1 cm³/mol. The first-order chi connectivity index (χ1) is 11.5. The summed E-state index contributed by atoms with van der Waals surface area (Å²) in [5.74, 6) is -0.648. The molecule has 2 aromatic carbocycles. The number of hydrogen-bond donors (Lipinski definition) is 1. The Bertz CT molecular complexity index is 680. The number of halogens is 1. The molecule has 0 aliphatic rings. The van der Waals surface area contributed by atoms with E-state index in [0.717, 1.165) is 35.3 Å². The average Bonchev–Trinajstić information content (AvgIpc) is 2.56. The minimum absolute atomic E-state index is 0.421. The molecule has 3 nitrogen and oxygen atoms in total. The number of aliphatic carboxylic acids is 1. The Kier molecular flexibility index (Phi) is 6.68. The highest BCUT2D eigenvalue weighted by Gasteiger charge is 2.21. The molecule has 0 saturated carbocycles. The smallest absolute Gasteiger partial charge is 0.311 e. The lowest BCUT2D eigenvalue weighted by molar-refractivity contribution is -0.138. The van der Waals surface area contributed by atoms with Crippen LogP contribution in [0.25, 0.3) is 0 Å². The monoisotopic (exact) mass is 346 g/mol. The number of carboxylic acid groups (broad SMARTS) is 1. The van der Waals surface area contributed by atoms with Crippen LogP contribution in [0.4, 0.5) is 0 Å². The molecule has 0 fully saturated rings. The quantitative estimate of drug-likeness (QED) is 0.665. The lowest BCUT2D eigenvalue weighted by Gasteiger charge is -2.14. The molecule has 1 unspecified atom stereocenters. The number of rotatable bonds is 8. The molecule has 0 aliphatic heterocycles. The molecule has 0 aromatic heterocycles. The van der Waals surface area contributed by atoms with Gasteiger partial charge in [-0.2, -0.15) is 0 Å². The van der Waals surface area contributed by atoms with Gasteiger partial charge in [0.15, 0.2) is 0 Å². The predicted octanol–water partition coefficient (Wildman–Crippen LogP) is 5.24. The molecule has 24 heavy (non-hydrogen) atoms. The first-order valence-electron chi connectivity index (χ1n) is 8.22. The fourth-order valence-corrected chi connectivity index (χ4v) is 2.65. The number of unbranched alkanes of at least 4 members (excludes halogenated alkanes) is 1. The second kappa shape index (κ2) is 8.74. The summed E-state index contributed by atoms with van der Waals surface area (Å²) in [5.41, 5.74) is 2.63. The molecule has 0 bridgehead atoms. The van der Waals surface area contributed by atoms with Crippen LogP contribution in [0, 0.1) is 6.92 Å². The van der Waals surface area contributed by atoms with Crippen LogP contribution in [-0.4, -0.2) is 17.7 Å². The molecule has 0 radical (unpaired) electrons. The van der Waals surface area contributed by atoms with Gasteiger partial charge in [0.1, 0.15) is 5.75 Å². The molecule has 1 N–H and O–H groups in total. The fourth-order valence-electron chi connectivity index (χ4n) is 2.47. The van der Waals surface area contributed by atoms with Crippen molar-refractivity contribution in [3.05, 3.63) is 64.2 Å². The van der Waals surface area contributed by atoms with E-state index in [1.807, 2.05) is 43.3 Å². The van der Waals surface area contributed by atoms with Crippen LogP contribution in [-0.2, 0) is 11.2 Å². The maximum absolute atomic E-state index is 11.7. The van der Waals surface area contributed by atoms with Gasteiger partial charge in [-0.1, -0.05) is 49.2 Å². The van der Waals surface area contributed by atoms with Crippen LogP contribution in [0.1, 0.15) is 42.4 Å². The minimum atomic E-state index is -0.849. The van der Waals surface area contributed by atoms with Crippen LogP contribution >= 0.6 is 11.6 Å². The van der Waals surface area contributed by atoms with Gasteiger partial charge in [0, 0.05) is 5.02 Å². The van der Waals surface area contributed by atoms with E-state index < -0.39 is 11.9 Å². The van der Waals surface area contributed by atoms with Crippen LogP contribution in [0.5, 0.6) is 5.75 Å². The SMILES string of the molecule is CCCCOc1ccc(CC(C(=O)O)c2ccc(C)c(Cl)c2)cc1. The van der Waals surface area contributed by atoms with Gasteiger partial charge in [-0.25, -0.2) is 0 Å². The fraction of sp³-hybridized carbons (Fsp3) is 0.350. The van der Waals surface area contributed by atoms with Crippen molar-refractivity contribution in [1.82, 2.24) is 0 Å². The molecular weight excluding hydrogens is 324 g/mol. The summed E-state index contributed by atoms with van der Waals surface area (Å²) < 4.78 is 5.63. The molecule has 0 spiro atoms. The second-order valence-electron chi connectivity index (χ2n) is 5.95. The maximum atomic E-state index is 11.7. The molecular formula is C20H23ClO3. The number of carbonyl (C=O) groups is 1. The van der Waals surface area contributed by atoms with Crippen molar-refractivity contribution in [3.63, 3.8) is 0 Å². The zero-order valence-electron chi connectivity index (χ0n) is 14.1. The number of hydrogen-bond acceptors (Lipinski definition) is 2. The van der Waals surface area contributed by atoms with E-state index in [9.17, 15) is 9.90 Å². The molecule has 4 heteroatoms. The molecule has 0 saturated heterocycles. The van der Waals surface area contributed by atoms with E-state index in [2.05, 4.69) is 6.92 Å². The minimum Gasteiger partial charge on any atom is -0.494 e. The first-order valence-corrected chi connectivity index (χ1v) is 8.59. The van der Waals surface area contributed by atoms with Crippen molar-refractivity contribution in [2.24, 2.45) is 0 Å². The van der Waals surface area contributed by atoms with Crippen molar-refractivity contribution in [1.29, 1.82) is 0 Å². The molecule has 0 amide bonds. The van der Waals surface area contributed by atoms with Gasteiger partial charge in [0.25, 0.3) is 0 Å². The van der Waals surface area contributed by atoms with Gasteiger partial charge in [-0.3, -0.25) is 4.79 Å². The van der Waals surface area contributed by atoms with Crippen molar-refractivity contribution in [2.75, 3.05) is 6.61 Å². The van der Waals surface area contributed by atoms with Gasteiger partial charge in [-0.05, 0) is 54.7 Å². The van der Waals surface area contributed by atoms with E-state index in [4.69, 9.17) is 16.3 Å². The third-order valence-electron chi connectivity index (χ3n) is 4.03. The van der Waals surface area contributed by atoms with Crippen molar-refractivity contribution >= 4 is 17.6 Å². The lowest BCUT2D eigenvalue weighted by atomic mass is 9.91. The summed E-state index contributed by atoms with van der Waals surface area (Å²) in [5, 5.41) is 10.2. The molecule has 2 rings (SSSR count). The summed E-state index contributed by atoms with van der Waals surface area (Å²) in [7, 11) is 0. The molecule has 128 valence electrons. The molecule has 2 aromatic rings. The van der Waals surface area contributed by atoms with Crippen LogP contribution in [0.3, 0.4) is 0 Å². The summed E-state index contributed by atoms with van der Waals surface area (Å²) >= 11 is 6.14. The maximum Gasteiger partial charge on any atom is 0.311 e. The largest absolute Gasteiger partial charge is 0.494 e. The Morgan fingerprint density at radius 1 is 1.21 bits per heavy atom. The van der Waals surface area contributed by atoms with Crippen LogP contribution in [0.2, 0.25) is 5.02 Å². The summed E-state index contributed by atoms with van der Waals surface area (Å²) in [6.45, 7) is 4.73. The highest BCUT2D eigenvalue weighted by molar-refractivity contribution is 6.31. The van der Waals surface area contributed by atoms with E-state index in [1.165, 1.54) is 0 Å². The lowest BCUT2D eigenvalue weighted by Crippen LogP contribution is -2.14. The summed E-state index contributed by atoms with van der Waals surface area (Å²) in [6.07, 6.45) is 2.54. The van der Waals surface area contributed by atoms with Crippen LogP contribution in [0.15, 0.2) is 42.5 Å². The molecule has 1 atom stereocenters. The standard InChI is InChI=1S/C20H23ClO3/c1-3-4-11-24-17-9-6-15(7-10-17)12-18(20(22)23)16-8-5-14(2)19(21)13-16/h5-10,13,18H,3-4,11-12H2,1-2H3,(H,22,23). The third kappa shape index (κ3) is 5.00. The Labute approximate surface area is 148 Å². The van der Waals surface area contributed by atoms with Gasteiger partial charge in [-0.15, -0.1) is 0 Å². The van der Waals surface area contributed by atoms with Gasteiger partial charge >= 0.3 is 5.97 Å². The number of ether oxygens (including phenoxy) is 1. The Balaban J connectivity index is 2.10. The average molecular weight is 347 g/mol. The zero-order chi connectivity index (χ0) is 17.5. The van der Waals surface area contributed by atoms with Crippen molar-refractivity contribution in [2.45, 2.75) is 39.0 Å². The Hall–Kier alpha value is -2.00. The topological polar surface area (TPSA) is 46.5 Å². The third-order valence-corrected chi connectivity index (χ3v) is 4.43. The molecule has 0 aliphatic carbocycles. The Morgan fingerprint density at radius 3 is 2.50 bits per heavy atom. The highest BCUT2D eigenvalue weighted by atomic mass is 35.5. The first kappa shape index (κ1) is 18.3. The number of aryl methyl sites for hydroxylation is 1. The summed E-state index contributed by atoms with van der Waals surface area (Å²) in [6, 6.07) is 13.1. The van der Waals surface area contributed by atoms with E-state index in [-0.39, 0.29) is 0 Å². The van der Waals surface area contributed by atoms with Crippen molar-refractivity contribution < 1.29 is 14.6 Å². The number of benzene rings is 2. The van der Waals surface area contributed by atoms with Crippen LogP contribution < -0.4 is 4.74 Å². The van der Waals surface area contributed by atoms with Gasteiger partial charge in [0.05, 0.1) is 12.5 Å². The van der Waals surface area contributed by atoms with Gasteiger partial charge < -0.3 is 9.84 Å². The number of carboxylic acids is 1. The highest BCUT2D eigenvalue weighted by Crippen LogP contribution is 2.26. The van der Waals surface area contributed by atoms with E-state index >= 15 is 0 Å². The summed E-state index contributed by atoms with van der Waals surface area (Å²) in [4.78, 5) is 11.7. The van der Waals surface area contributed by atoms with Crippen molar-refractivity contribution in [3.8, 4) is 5.75 Å². The normalized spacial score (nSPS) is 12.0. The second-order valence-corrected chi connectivity index (χ2v) is 6.36. The Morgan fingerprint density at radius 2 is 1.92 bits per heavy atom. The van der Waals surface area contributed by atoms with E-state index in [0.29, 0.717) is 18.1 Å². The van der Waals surface area contributed by atoms with Gasteiger partial charge in [0.2, 0.25) is 0 Å². The molecule has 0 heterocycles. The van der Waals surface area contributed by atoms with E-state index in [1.54, 1.807) is 6.07 Å².